The Kier molecular flexibility index (Phi) is 2.31. The van der Waals surface area contributed by atoms with Crippen LogP contribution in [0.5, 0.6) is 0 Å². The average molecular weight is 225 g/mol. The van der Waals surface area contributed by atoms with Gasteiger partial charge in [0.25, 0.3) is 5.89 Å². The van der Waals surface area contributed by atoms with Crippen molar-refractivity contribution >= 4 is 0 Å². The summed E-state index contributed by atoms with van der Waals surface area (Å²) in [4.78, 5) is 16.2. The van der Waals surface area contributed by atoms with Gasteiger partial charge in [-0.1, -0.05) is 5.16 Å². The second-order valence-electron chi connectivity index (χ2n) is 3.26. The Hall–Kier alpha value is -2.63. The molecule has 3 aromatic rings. The summed E-state index contributed by atoms with van der Waals surface area (Å²) in [6, 6.07) is 3.67. The van der Waals surface area contributed by atoms with E-state index in [0.717, 1.165) is 5.56 Å². The predicted octanol–water partition coefficient (Wildman–Crippen LogP) is 1.59. The van der Waals surface area contributed by atoms with E-state index in [2.05, 4.69) is 25.1 Å². The van der Waals surface area contributed by atoms with Crippen LogP contribution in [0.2, 0.25) is 0 Å². The van der Waals surface area contributed by atoms with E-state index in [9.17, 15) is 0 Å². The van der Waals surface area contributed by atoms with Crippen molar-refractivity contribution in [1.82, 2.24) is 25.1 Å². The molecule has 0 saturated heterocycles. The summed E-state index contributed by atoms with van der Waals surface area (Å²) in [6.45, 7) is 0. The Morgan fingerprint density at radius 3 is 2.71 bits per heavy atom. The summed E-state index contributed by atoms with van der Waals surface area (Å²) in [5, 5.41) is 3.87. The molecule has 0 radical (unpaired) electrons. The van der Waals surface area contributed by atoms with Crippen molar-refractivity contribution < 1.29 is 4.52 Å². The number of rotatable bonds is 2. The fourth-order valence-corrected chi connectivity index (χ4v) is 1.35. The summed E-state index contributed by atoms with van der Waals surface area (Å²) in [7, 11) is 0. The van der Waals surface area contributed by atoms with Crippen LogP contribution in [0.25, 0.3) is 23.0 Å². The minimum absolute atomic E-state index is 0.344. The topological polar surface area (TPSA) is 77.6 Å². The van der Waals surface area contributed by atoms with Crippen molar-refractivity contribution in [3.8, 4) is 23.0 Å². The third kappa shape index (κ3) is 1.87. The van der Waals surface area contributed by atoms with E-state index in [-0.39, 0.29) is 0 Å². The smallest absolute Gasteiger partial charge is 0.278 e. The highest BCUT2D eigenvalue weighted by atomic mass is 16.5. The zero-order valence-corrected chi connectivity index (χ0v) is 8.69. The van der Waals surface area contributed by atoms with Gasteiger partial charge in [0.1, 0.15) is 5.69 Å². The molecule has 0 amide bonds. The predicted molar refractivity (Wildman–Crippen MR) is 58.6 cm³/mol. The van der Waals surface area contributed by atoms with E-state index in [1.807, 2.05) is 12.1 Å². The molecule has 0 aliphatic carbocycles. The minimum atomic E-state index is 0.344. The molecule has 0 aromatic carbocycles. The van der Waals surface area contributed by atoms with E-state index >= 15 is 0 Å². The molecule has 0 spiro atoms. The molecule has 6 heteroatoms. The van der Waals surface area contributed by atoms with Crippen LogP contribution in [0.4, 0.5) is 0 Å². The maximum absolute atomic E-state index is 5.11. The van der Waals surface area contributed by atoms with E-state index in [1.165, 1.54) is 0 Å². The summed E-state index contributed by atoms with van der Waals surface area (Å²) in [6.07, 6.45) is 8.09. The molecular weight excluding hydrogens is 218 g/mol. The first-order chi connectivity index (χ1) is 8.43. The van der Waals surface area contributed by atoms with Gasteiger partial charge in [-0.05, 0) is 12.1 Å². The quantitative estimate of drug-likeness (QED) is 0.659. The van der Waals surface area contributed by atoms with Crippen LogP contribution in [0, 0.1) is 0 Å². The minimum Gasteiger partial charge on any atom is -0.332 e. The molecule has 0 N–H and O–H groups in total. The normalized spacial score (nSPS) is 10.4. The highest BCUT2D eigenvalue weighted by Crippen LogP contribution is 2.18. The van der Waals surface area contributed by atoms with Crippen molar-refractivity contribution in [2.75, 3.05) is 0 Å². The second-order valence-corrected chi connectivity index (χ2v) is 3.26. The van der Waals surface area contributed by atoms with Gasteiger partial charge in [0, 0.05) is 30.4 Å². The van der Waals surface area contributed by atoms with Crippen LogP contribution in [-0.2, 0) is 0 Å². The number of aromatic nitrogens is 5. The maximum atomic E-state index is 5.11. The van der Waals surface area contributed by atoms with Gasteiger partial charge in [-0.15, -0.1) is 0 Å². The molecule has 0 atom stereocenters. The zero-order valence-electron chi connectivity index (χ0n) is 8.69. The average Bonchev–Trinajstić information content (AvgIpc) is 2.90. The van der Waals surface area contributed by atoms with Gasteiger partial charge in [0.2, 0.25) is 5.82 Å². The fourth-order valence-electron chi connectivity index (χ4n) is 1.35. The van der Waals surface area contributed by atoms with E-state index in [4.69, 9.17) is 4.52 Å². The van der Waals surface area contributed by atoms with Crippen molar-refractivity contribution in [2.45, 2.75) is 0 Å². The van der Waals surface area contributed by atoms with Crippen molar-refractivity contribution in [2.24, 2.45) is 0 Å². The number of hydrogen-bond acceptors (Lipinski definition) is 6. The molecule has 82 valence electrons. The number of pyridine rings is 1. The monoisotopic (exact) mass is 225 g/mol. The van der Waals surface area contributed by atoms with Gasteiger partial charge in [-0.3, -0.25) is 9.97 Å². The van der Waals surface area contributed by atoms with Gasteiger partial charge in [0.15, 0.2) is 0 Å². The molecule has 0 saturated carbocycles. The first-order valence-corrected chi connectivity index (χ1v) is 4.94. The number of nitrogens with zero attached hydrogens (tertiary/aromatic N) is 5. The van der Waals surface area contributed by atoms with Crippen LogP contribution in [0.1, 0.15) is 0 Å². The first kappa shape index (κ1) is 9.59. The van der Waals surface area contributed by atoms with Gasteiger partial charge in [-0.25, -0.2) is 4.98 Å². The third-order valence-corrected chi connectivity index (χ3v) is 2.13. The van der Waals surface area contributed by atoms with Crippen LogP contribution in [0.15, 0.2) is 47.6 Å². The molecule has 3 aromatic heterocycles. The maximum Gasteiger partial charge on any atom is 0.278 e. The van der Waals surface area contributed by atoms with Crippen molar-refractivity contribution in [3.63, 3.8) is 0 Å². The molecule has 3 heterocycles. The Morgan fingerprint density at radius 1 is 1.00 bits per heavy atom. The zero-order chi connectivity index (χ0) is 11.5. The molecule has 17 heavy (non-hydrogen) atoms. The molecule has 3 rings (SSSR count). The SMILES string of the molecule is c1cncc(-c2noc(-c3cnccn3)n2)c1. The fraction of sp³-hybridized carbons (Fsp3) is 0. The van der Waals surface area contributed by atoms with Crippen LogP contribution in [-0.4, -0.2) is 25.1 Å². The van der Waals surface area contributed by atoms with Crippen LogP contribution in [0.3, 0.4) is 0 Å². The molecular formula is C11H7N5O. The molecule has 0 aliphatic rings. The Labute approximate surface area is 96.4 Å². The summed E-state index contributed by atoms with van der Waals surface area (Å²) in [5.74, 6) is 0.829. The van der Waals surface area contributed by atoms with Gasteiger partial charge >= 0.3 is 0 Å². The van der Waals surface area contributed by atoms with Gasteiger partial charge in [-0.2, -0.15) is 4.98 Å². The summed E-state index contributed by atoms with van der Waals surface area (Å²) < 4.78 is 5.11. The molecule has 0 unspecified atom stereocenters. The molecule has 0 aliphatic heterocycles. The summed E-state index contributed by atoms with van der Waals surface area (Å²) in [5.41, 5.74) is 1.35. The summed E-state index contributed by atoms with van der Waals surface area (Å²) >= 11 is 0. The lowest BCUT2D eigenvalue weighted by Gasteiger charge is -1.90. The lowest BCUT2D eigenvalue weighted by Crippen LogP contribution is -1.85. The Balaban J connectivity index is 1.99. The van der Waals surface area contributed by atoms with E-state index < -0.39 is 0 Å². The molecule has 0 fully saturated rings. The van der Waals surface area contributed by atoms with Crippen molar-refractivity contribution in [3.05, 3.63) is 43.1 Å². The van der Waals surface area contributed by atoms with Gasteiger partial charge in [0.05, 0.1) is 6.20 Å². The van der Waals surface area contributed by atoms with E-state index in [0.29, 0.717) is 17.4 Å². The van der Waals surface area contributed by atoms with Crippen LogP contribution >= 0.6 is 0 Å². The third-order valence-electron chi connectivity index (χ3n) is 2.13. The highest BCUT2D eigenvalue weighted by molar-refractivity contribution is 5.55. The van der Waals surface area contributed by atoms with Crippen LogP contribution < -0.4 is 0 Å². The molecule has 6 nitrogen and oxygen atoms in total. The lowest BCUT2D eigenvalue weighted by molar-refractivity contribution is 0.431. The Bertz CT molecular complexity index is 554. The second kappa shape index (κ2) is 4.09. The van der Waals surface area contributed by atoms with Crippen molar-refractivity contribution in [1.29, 1.82) is 0 Å². The van der Waals surface area contributed by atoms with Gasteiger partial charge < -0.3 is 4.52 Å². The number of hydrogen-bond donors (Lipinski definition) is 0. The lowest BCUT2D eigenvalue weighted by atomic mass is 10.3. The first-order valence-electron chi connectivity index (χ1n) is 4.94. The standard InChI is InChI=1S/C11H7N5O/c1-2-8(6-12-3-1)10-15-11(17-16-10)9-7-13-4-5-14-9/h1-7H. The van der Waals surface area contributed by atoms with E-state index in [1.54, 1.807) is 31.0 Å². The largest absolute Gasteiger partial charge is 0.332 e. The Morgan fingerprint density at radius 2 is 1.94 bits per heavy atom. The molecule has 0 bridgehead atoms. The highest BCUT2D eigenvalue weighted by Gasteiger charge is 2.11.